The topological polar surface area (TPSA) is 106 Å². The first-order chi connectivity index (χ1) is 15.4. The van der Waals surface area contributed by atoms with Crippen LogP contribution in [0.4, 0.5) is 0 Å². The molecule has 0 radical (unpaired) electrons. The molecule has 2 aliphatic heterocycles. The number of fused-ring (bicyclic) bond motifs is 1. The van der Waals surface area contributed by atoms with E-state index in [1.54, 1.807) is 0 Å². The van der Waals surface area contributed by atoms with Crippen LogP contribution < -0.4 is 15.5 Å². The van der Waals surface area contributed by atoms with Gasteiger partial charge in [0, 0.05) is 35.2 Å². The molecule has 11 heteroatoms. The van der Waals surface area contributed by atoms with Gasteiger partial charge in [-0.15, -0.1) is 0 Å². The molecule has 1 aromatic rings. The molecular weight excluding hydrogens is 514 g/mol. The maximum Gasteiger partial charge on any atom is 0.266 e. The summed E-state index contributed by atoms with van der Waals surface area (Å²) in [5.74, 6) is 1.38. The summed E-state index contributed by atoms with van der Waals surface area (Å²) < 4.78 is 34.4. The zero-order valence-corrected chi connectivity index (χ0v) is 20.2. The Morgan fingerprint density at radius 1 is 1.25 bits per heavy atom. The molecule has 0 saturated heterocycles. The number of hydrogen-bond donors (Lipinski definition) is 4. The highest BCUT2D eigenvalue weighted by Gasteiger charge is 2.28. The van der Waals surface area contributed by atoms with E-state index in [4.69, 9.17) is 9.55 Å². The first kappa shape index (κ1) is 23.0. The lowest BCUT2D eigenvalue weighted by Crippen LogP contribution is -2.39. The minimum atomic E-state index is -3.96. The highest BCUT2D eigenvalue weighted by molar-refractivity contribution is 9.11. The summed E-state index contributed by atoms with van der Waals surface area (Å²) in [6.07, 6.45) is 10.7. The van der Waals surface area contributed by atoms with Crippen LogP contribution >= 0.6 is 27.9 Å². The molecule has 1 aliphatic carbocycles. The molecule has 168 valence electrons. The van der Waals surface area contributed by atoms with Crippen LogP contribution in [0.15, 0.2) is 92.4 Å². The van der Waals surface area contributed by atoms with Crippen molar-refractivity contribution in [3.05, 3.63) is 93.0 Å². The zero-order valence-electron chi connectivity index (χ0n) is 17.0. The van der Waals surface area contributed by atoms with Crippen molar-refractivity contribution in [3.8, 4) is 0 Å². The summed E-state index contributed by atoms with van der Waals surface area (Å²) in [6.45, 7) is 0.817. The van der Waals surface area contributed by atoms with E-state index in [0.717, 1.165) is 38.0 Å². The van der Waals surface area contributed by atoms with Crippen molar-refractivity contribution in [2.75, 3.05) is 18.8 Å². The molecule has 1 aromatic carbocycles. The smallest absolute Gasteiger partial charge is 0.266 e. The molecule has 32 heavy (non-hydrogen) atoms. The van der Waals surface area contributed by atoms with Gasteiger partial charge < -0.3 is 5.32 Å². The molecule has 0 amide bonds. The third kappa shape index (κ3) is 6.00. The molecule has 2 heterocycles. The van der Waals surface area contributed by atoms with Crippen LogP contribution in [0.3, 0.4) is 0 Å². The van der Waals surface area contributed by atoms with Gasteiger partial charge >= 0.3 is 0 Å². The average Bonchev–Trinajstić information content (AvgIpc) is 3.00. The second kappa shape index (κ2) is 10.2. The van der Waals surface area contributed by atoms with Gasteiger partial charge in [-0.2, -0.15) is 8.42 Å². The van der Waals surface area contributed by atoms with E-state index < -0.39 is 10.1 Å². The Morgan fingerprint density at radius 3 is 2.84 bits per heavy atom. The highest BCUT2D eigenvalue weighted by Crippen LogP contribution is 2.29. The predicted molar refractivity (Wildman–Crippen MR) is 132 cm³/mol. The number of benzene rings is 1. The standard InChI is InChI=1S/C21H22BrN5O3S2/c22-18-14-23-27-20(13-19(26-21(18)27)15-5-2-1-3-6-15)25-16-7-4-8-17(10-9-16)31-24-11-12-32(28,29)30/h1-6,8-10,13,23-25H,7,11-12,14H2,(H,28,29,30). The van der Waals surface area contributed by atoms with Crippen molar-refractivity contribution in [1.82, 2.24) is 20.5 Å². The predicted octanol–water partition coefficient (Wildman–Crippen LogP) is 3.16. The van der Waals surface area contributed by atoms with Gasteiger partial charge in [0.05, 0.1) is 22.5 Å². The Balaban J connectivity index is 1.48. The minimum absolute atomic E-state index is 0.155. The van der Waals surface area contributed by atoms with Gasteiger partial charge in [-0.05, 0) is 24.1 Å². The summed E-state index contributed by atoms with van der Waals surface area (Å²) in [6, 6.07) is 10.0. The van der Waals surface area contributed by atoms with Gasteiger partial charge in [-0.25, -0.2) is 15.4 Å². The molecular formula is C21H22BrN5O3S2. The van der Waals surface area contributed by atoms with Crippen molar-refractivity contribution >= 4 is 43.7 Å². The summed E-state index contributed by atoms with van der Waals surface area (Å²) >= 11 is 4.93. The van der Waals surface area contributed by atoms with E-state index in [1.807, 2.05) is 65.7 Å². The van der Waals surface area contributed by atoms with Crippen LogP contribution in [0.1, 0.15) is 12.0 Å². The number of halogens is 1. The fourth-order valence-corrected chi connectivity index (χ4v) is 4.71. The lowest BCUT2D eigenvalue weighted by atomic mass is 10.1. The Kier molecular flexibility index (Phi) is 7.33. The quantitative estimate of drug-likeness (QED) is 0.228. The van der Waals surface area contributed by atoms with E-state index in [0.29, 0.717) is 13.0 Å². The molecule has 0 spiro atoms. The highest BCUT2D eigenvalue weighted by atomic mass is 79.9. The van der Waals surface area contributed by atoms with Crippen molar-refractivity contribution in [2.45, 2.75) is 6.42 Å². The normalized spacial score (nSPS) is 18.5. The molecule has 0 aromatic heterocycles. The van der Waals surface area contributed by atoms with E-state index in [2.05, 4.69) is 31.4 Å². The molecule has 0 atom stereocenters. The van der Waals surface area contributed by atoms with Crippen molar-refractivity contribution < 1.29 is 13.0 Å². The molecule has 8 nitrogen and oxygen atoms in total. The van der Waals surface area contributed by atoms with Gasteiger partial charge in [0.25, 0.3) is 10.1 Å². The van der Waals surface area contributed by atoms with Gasteiger partial charge in [-0.3, -0.25) is 9.27 Å². The molecule has 0 unspecified atom stereocenters. The molecule has 0 bridgehead atoms. The number of nitrogens with one attached hydrogen (secondary N) is 3. The van der Waals surface area contributed by atoms with Gasteiger partial charge in [-0.1, -0.05) is 58.4 Å². The van der Waals surface area contributed by atoms with Crippen molar-refractivity contribution in [1.29, 1.82) is 0 Å². The molecule has 0 saturated carbocycles. The summed E-state index contributed by atoms with van der Waals surface area (Å²) in [7, 11) is -3.96. The first-order valence-corrected chi connectivity index (χ1v) is 13.1. The van der Waals surface area contributed by atoms with Crippen LogP contribution in [-0.4, -0.2) is 42.5 Å². The zero-order chi connectivity index (χ0) is 22.6. The maximum absolute atomic E-state index is 10.8. The SMILES string of the molecule is O=S(=O)(O)CCNSC1=CC=C(NC2=CC(c3ccccc3)=NC3=C(Br)CNN23)CC=C1. The lowest BCUT2D eigenvalue weighted by Gasteiger charge is -2.28. The third-order valence-corrected chi connectivity index (χ3v) is 6.88. The maximum atomic E-state index is 10.8. The van der Waals surface area contributed by atoms with E-state index in [-0.39, 0.29) is 12.3 Å². The van der Waals surface area contributed by atoms with Crippen LogP contribution in [0.2, 0.25) is 0 Å². The Morgan fingerprint density at radius 2 is 2.06 bits per heavy atom. The first-order valence-electron chi connectivity index (χ1n) is 9.86. The van der Waals surface area contributed by atoms with Crippen LogP contribution in [-0.2, 0) is 10.1 Å². The van der Waals surface area contributed by atoms with E-state index in [1.165, 1.54) is 11.9 Å². The lowest BCUT2D eigenvalue weighted by molar-refractivity contribution is 0.330. The molecule has 4 rings (SSSR count). The number of aliphatic imine (C=N–C) groups is 1. The van der Waals surface area contributed by atoms with Crippen LogP contribution in [0, 0.1) is 0 Å². The van der Waals surface area contributed by atoms with E-state index in [9.17, 15) is 8.42 Å². The number of hydrogen-bond acceptors (Lipinski definition) is 8. The Labute approximate surface area is 199 Å². The number of allylic oxidation sites excluding steroid dienone is 5. The average molecular weight is 536 g/mol. The van der Waals surface area contributed by atoms with Gasteiger partial charge in [0.1, 0.15) is 5.82 Å². The Hall–Kier alpha value is -2.15. The second-order valence-corrected chi connectivity index (χ2v) is 10.6. The fourth-order valence-electron chi connectivity index (χ4n) is 3.16. The van der Waals surface area contributed by atoms with Crippen molar-refractivity contribution in [3.63, 3.8) is 0 Å². The Bertz CT molecular complexity index is 1170. The monoisotopic (exact) mass is 535 g/mol. The number of hydrazine groups is 1. The summed E-state index contributed by atoms with van der Waals surface area (Å²) in [4.78, 5) is 5.74. The molecule has 4 N–H and O–H groups in total. The van der Waals surface area contributed by atoms with Crippen molar-refractivity contribution in [2.24, 2.45) is 4.99 Å². The molecule has 0 fully saturated rings. The summed E-state index contributed by atoms with van der Waals surface area (Å²) in [5, 5.41) is 5.44. The van der Waals surface area contributed by atoms with E-state index >= 15 is 0 Å². The second-order valence-electron chi connectivity index (χ2n) is 7.07. The third-order valence-electron chi connectivity index (χ3n) is 4.67. The number of rotatable bonds is 8. The fraction of sp³-hybridized carbons (Fsp3) is 0.190. The summed E-state index contributed by atoms with van der Waals surface area (Å²) in [5.41, 5.74) is 6.23. The van der Waals surface area contributed by atoms with Gasteiger partial charge in [0.15, 0.2) is 5.82 Å². The molecule has 3 aliphatic rings. The van der Waals surface area contributed by atoms with Gasteiger partial charge in [0.2, 0.25) is 0 Å². The minimum Gasteiger partial charge on any atom is -0.344 e. The number of nitrogens with zero attached hydrogens (tertiary/aromatic N) is 2. The van der Waals surface area contributed by atoms with Crippen LogP contribution in [0.25, 0.3) is 0 Å². The largest absolute Gasteiger partial charge is 0.344 e. The van der Waals surface area contributed by atoms with Crippen LogP contribution in [0.5, 0.6) is 0 Å².